The van der Waals surface area contributed by atoms with Crippen LogP contribution in [0.5, 0.6) is 0 Å². The molecule has 1 aromatic heterocycles. The fourth-order valence-corrected chi connectivity index (χ4v) is 6.01. The van der Waals surface area contributed by atoms with Crippen LogP contribution in [0.3, 0.4) is 0 Å². The van der Waals surface area contributed by atoms with Gasteiger partial charge in [0.05, 0.1) is 29.8 Å². The maximum atomic E-state index is 13.1. The summed E-state index contributed by atoms with van der Waals surface area (Å²) in [6.45, 7) is 8.38. The Balaban J connectivity index is 1.06. The highest BCUT2D eigenvalue weighted by molar-refractivity contribution is 5.93. The average molecular weight is 464 g/mol. The first kappa shape index (κ1) is 21.9. The fourth-order valence-electron chi connectivity index (χ4n) is 6.01. The molecule has 4 aliphatic heterocycles. The molecule has 1 N–H and O–H groups in total. The lowest BCUT2D eigenvalue weighted by Crippen LogP contribution is -2.66. The number of carbonyl (C=O) groups excluding carboxylic acids is 1. The summed E-state index contributed by atoms with van der Waals surface area (Å²) in [5.74, 6) is 0.701. The number of carbonyl (C=O) groups is 1. The van der Waals surface area contributed by atoms with Gasteiger partial charge in [-0.1, -0.05) is 24.3 Å². The standard InChI is InChI=1S/C26H33N5O3/c1-25(33)10-19-4-2-3-5-20(19)13-30(14-25)22-6-8-29(9-7-22)23(32)21-11-27-24(28-12-21)31-15-26(16-31)17-34-18-26/h2-5,11-12,22,33H,6-10,13-18H2,1H3. The van der Waals surface area contributed by atoms with Gasteiger partial charge in [0.25, 0.3) is 5.91 Å². The number of fused-ring (bicyclic) bond motifs is 1. The Morgan fingerprint density at radius 2 is 1.74 bits per heavy atom. The van der Waals surface area contributed by atoms with E-state index in [2.05, 4.69) is 38.0 Å². The Morgan fingerprint density at radius 3 is 2.38 bits per heavy atom. The molecule has 0 bridgehead atoms. The van der Waals surface area contributed by atoms with Gasteiger partial charge in [0.15, 0.2) is 0 Å². The molecule has 4 aliphatic rings. The lowest BCUT2D eigenvalue weighted by atomic mass is 9.78. The number of nitrogens with zero attached hydrogens (tertiary/aromatic N) is 5. The van der Waals surface area contributed by atoms with Gasteiger partial charge >= 0.3 is 0 Å². The van der Waals surface area contributed by atoms with Crippen LogP contribution in [-0.2, 0) is 17.7 Å². The third-order valence-electron chi connectivity index (χ3n) is 7.91. The van der Waals surface area contributed by atoms with Gasteiger partial charge in [-0.25, -0.2) is 9.97 Å². The molecule has 1 atom stereocenters. The van der Waals surface area contributed by atoms with E-state index in [1.165, 1.54) is 11.1 Å². The Morgan fingerprint density at radius 1 is 1.06 bits per heavy atom. The molecule has 3 saturated heterocycles. The van der Waals surface area contributed by atoms with Crippen molar-refractivity contribution in [2.75, 3.05) is 50.8 Å². The molecule has 1 aromatic carbocycles. The van der Waals surface area contributed by atoms with Crippen molar-refractivity contribution in [3.05, 3.63) is 53.3 Å². The lowest BCUT2D eigenvalue weighted by Gasteiger charge is -2.54. The summed E-state index contributed by atoms with van der Waals surface area (Å²) in [4.78, 5) is 28.5. The van der Waals surface area contributed by atoms with Crippen LogP contribution in [0.2, 0.25) is 0 Å². The highest BCUT2D eigenvalue weighted by atomic mass is 16.5. The molecule has 34 heavy (non-hydrogen) atoms. The average Bonchev–Trinajstić information content (AvgIpc) is 2.92. The monoisotopic (exact) mass is 463 g/mol. The van der Waals surface area contributed by atoms with Crippen molar-refractivity contribution in [3.8, 4) is 0 Å². The number of rotatable bonds is 3. The van der Waals surface area contributed by atoms with Crippen molar-refractivity contribution in [3.63, 3.8) is 0 Å². The van der Waals surface area contributed by atoms with Crippen LogP contribution in [0.4, 0.5) is 5.95 Å². The molecule has 8 heteroatoms. The van der Waals surface area contributed by atoms with Gasteiger partial charge in [-0.2, -0.15) is 0 Å². The molecule has 1 amide bonds. The predicted octanol–water partition coefficient (Wildman–Crippen LogP) is 1.73. The normalized spacial score (nSPS) is 27.0. The van der Waals surface area contributed by atoms with Crippen molar-refractivity contribution >= 4 is 11.9 Å². The van der Waals surface area contributed by atoms with Crippen LogP contribution in [0.1, 0.15) is 41.3 Å². The van der Waals surface area contributed by atoms with Crippen LogP contribution in [-0.4, -0.2) is 88.4 Å². The molecule has 3 fully saturated rings. The molecule has 6 rings (SSSR count). The van der Waals surface area contributed by atoms with Gasteiger partial charge in [0, 0.05) is 64.1 Å². The van der Waals surface area contributed by atoms with Crippen LogP contribution >= 0.6 is 0 Å². The second-order valence-electron chi connectivity index (χ2n) is 11.0. The molecule has 0 saturated carbocycles. The highest BCUT2D eigenvalue weighted by Gasteiger charge is 2.49. The van der Waals surface area contributed by atoms with E-state index in [9.17, 15) is 9.90 Å². The first-order valence-electron chi connectivity index (χ1n) is 12.4. The summed E-state index contributed by atoms with van der Waals surface area (Å²) < 4.78 is 5.33. The molecular weight excluding hydrogens is 430 g/mol. The number of hydrogen-bond donors (Lipinski definition) is 1. The number of ether oxygens (including phenoxy) is 1. The smallest absolute Gasteiger partial charge is 0.256 e. The summed E-state index contributed by atoms with van der Waals surface area (Å²) >= 11 is 0. The Kier molecular flexibility index (Phi) is 5.35. The Hall–Kier alpha value is -2.55. The van der Waals surface area contributed by atoms with E-state index in [-0.39, 0.29) is 5.91 Å². The van der Waals surface area contributed by atoms with E-state index < -0.39 is 5.60 Å². The fraction of sp³-hybridized carbons (Fsp3) is 0.577. The zero-order valence-electron chi connectivity index (χ0n) is 19.8. The molecule has 5 heterocycles. The first-order chi connectivity index (χ1) is 16.4. The summed E-state index contributed by atoms with van der Waals surface area (Å²) in [6, 6.07) is 8.78. The van der Waals surface area contributed by atoms with E-state index in [0.29, 0.717) is 49.0 Å². The number of likely N-dealkylation sites (tertiary alicyclic amines) is 1. The minimum absolute atomic E-state index is 0.00526. The summed E-state index contributed by atoms with van der Waals surface area (Å²) in [5.41, 5.74) is 2.65. The second-order valence-corrected chi connectivity index (χ2v) is 11.0. The Labute approximate surface area is 200 Å². The zero-order valence-corrected chi connectivity index (χ0v) is 19.8. The maximum Gasteiger partial charge on any atom is 0.256 e. The number of anilines is 1. The molecular formula is C26H33N5O3. The van der Waals surface area contributed by atoms with Crippen molar-refractivity contribution in [2.24, 2.45) is 5.41 Å². The van der Waals surface area contributed by atoms with Crippen molar-refractivity contribution in [2.45, 2.75) is 44.4 Å². The van der Waals surface area contributed by atoms with Gasteiger partial charge in [0.2, 0.25) is 5.95 Å². The number of aromatic nitrogens is 2. The number of β-amino-alcohol motifs (C(OH)–C–C–N with tert-alkyl or cyclic N) is 1. The summed E-state index contributed by atoms with van der Waals surface area (Å²) in [7, 11) is 0. The van der Waals surface area contributed by atoms with Crippen LogP contribution in [0, 0.1) is 5.41 Å². The number of aliphatic hydroxyl groups is 1. The van der Waals surface area contributed by atoms with E-state index in [4.69, 9.17) is 4.74 Å². The van der Waals surface area contributed by atoms with Gasteiger partial charge in [-0.3, -0.25) is 9.69 Å². The number of piperidine rings is 1. The SMILES string of the molecule is CC1(O)Cc2ccccc2CN(C2CCN(C(=O)c3cnc(N4CC5(COC5)C4)nc3)CC2)C1. The van der Waals surface area contributed by atoms with Crippen LogP contribution < -0.4 is 4.90 Å². The molecule has 1 unspecified atom stereocenters. The minimum atomic E-state index is -0.750. The maximum absolute atomic E-state index is 13.1. The van der Waals surface area contributed by atoms with Gasteiger partial charge in [0.1, 0.15) is 0 Å². The summed E-state index contributed by atoms with van der Waals surface area (Å²) in [5, 5.41) is 11.0. The van der Waals surface area contributed by atoms with E-state index in [1.807, 2.05) is 17.9 Å². The third kappa shape index (κ3) is 4.08. The first-order valence-corrected chi connectivity index (χ1v) is 12.4. The van der Waals surface area contributed by atoms with Crippen molar-refractivity contribution < 1.29 is 14.6 Å². The molecule has 0 radical (unpaired) electrons. The topological polar surface area (TPSA) is 82.0 Å². The lowest BCUT2D eigenvalue weighted by molar-refractivity contribution is -0.127. The highest BCUT2D eigenvalue weighted by Crippen LogP contribution is 2.39. The number of benzene rings is 1. The quantitative estimate of drug-likeness (QED) is 0.742. The van der Waals surface area contributed by atoms with E-state index >= 15 is 0 Å². The second kappa shape index (κ2) is 8.29. The molecule has 8 nitrogen and oxygen atoms in total. The molecule has 0 aliphatic carbocycles. The summed E-state index contributed by atoms with van der Waals surface area (Å²) in [6.07, 6.45) is 5.82. The van der Waals surface area contributed by atoms with Gasteiger partial charge < -0.3 is 19.6 Å². The molecule has 2 aromatic rings. The molecule has 180 valence electrons. The van der Waals surface area contributed by atoms with E-state index in [1.54, 1.807) is 12.4 Å². The largest absolute Gasteiger partial charge is 0.388 e. The van der Waals surface area contributed by atoms with Crippen molar-refractivity contribution in [1.82, 2.24) is 19.8 Å². The van der Waals surface area contributed by atoms with Crippen molar-refractivity contribution in [1.29, 1.82) is 0 Å². The zero-order chi connectivity index (χ0) is 23.3. The van der Waals surface area contributed by atoms with E-state index in [0.717, 1.165) is 45.7 Å². The van der Waals surface area contributed by atoms with Crippen LogP contribution in [0.15, 0.2) is 36.7 Å². The Bertz CT molecular complexity index is 1050. The van der Waals surface area contributed by atoms with Crippen LogP contribution in [0.25, 0.3) is 0 Å². The van der Waals surface area contributed by atoms with Gasteiger partial charge in [-0.15, -0.1) is 0 Å². The molecule has 1 spiro atoms. The minimum Gasteiger partial charge on any atom is -0.388 e. The third-order valence-corrected chi connectivity index (χ3v) is 7.91. The number of amides is 1. The predicted molar refractivity (Wildman–Crippen MR) is 128 cm³/mol. The van der Waals surface area contributed by atoms with Gasteiger partial charge in [-0.05, 0) is 30.9 Å². The number of hydrogen-bond acceptors (Lipinski definition) is 7.